The third-order valence-corrected chi connectivity index (χ3v) is 2.98. The first-order valence-electron chi connectivity index (χ1n) is 5.96. The molecule has 0 unspecified atom stereocenters. The van der Waals surface area contributed by atoms with Gasteiger partial charge in [-0.3, -0.25) is 4.40 Å². The van der Waals surface area contributed by atoms with E-state index in [4.69, 9.17) is 4.98 Å². The van der Waals surface area contributed by atoms with Gasteiger partial charge in [-0.15, -0.1) is 0 Å². The van der Waals surface area contributed by atoms with Crippen molar-refractivity contribution in [2.75, 3.05) is 0 Å². The van der Waals surface area contributed by atoms with Crippen molar-refractivity contribution in [1.82, 2.24) is 9.38 Å². The van der Waals surface area contributed by atoms with Crippen LogP contribution in [0, 0.1) is 0 Å². The van der Waals surface area contributed by atoms with E-state index in [0.717, 1.165) is 28.2 Å². The molecule has 18 heavy (non-hydrogen) atoms. The van der Waals surface area contributed by atoms with Crippen molar-refractivity contribution >= 4 is 11.2 Å². The van der Waals surface area contributed by atoms with E-state index in [2.05, 4.69) is 23.1 Å². The zero-order chi connectivity index (χ0) is 12.5. The molecule has 2 aromatic heterocycles. The topological polar surface area (TPSA) is 17.3 Å². The average molecular weight is 234 g/mol. The zero-order valence-corrected chi connectivity index (χ0v) is 10.3. The Morgan fingerprint density at radius 3 is 2.50 bits per heavy atom. The Morgan fingerprint density at radius 1 is 1.06 bits per heavy atom. The van der Waals surface area contributed by atoms with E-state index >= 15 is 0 Å². The first-order chi connectivity index (χ1) is 8.77. The molecule has 88 valence electrons. The van der Waals surface area contributed by atoms with Crippen molar-refractivity contribution < 1.29 is 0 Å². The van der Waals surface area contributed by atoms with Gasteiger partial charge in [0, 0.05) is 11.8 Å². The first-order valence-corrected chi connectivity index (χ1v) is 5.96. The quantitative estimate of drug-likeness (QED) is 0.654. The number of aromatic nitrogens is 2. The van der Waals surface area contributed by atoms with Crippen LogP contribution >= 0.6 is 0 Å². The number of pyridine rings is 1. The lowest BCUT2D eigenvalue weighted by Gasteiger charge is -2.04. The molecule has 0 saturated heterocycles. The monoisotopic (exact) mass is 234 g/mol. The van der Waals surface area contributed by atoms with Crippen molar-refractivity contribution in [2.45, 2.75) is 6.92 Å². The number of benzene rings is 1. The fourth-order valence-electron chi connectivity index (χ4n) is 2.20. The largest absolute Gasteiger partial charge is 0.299 e. The van der Waals surface area contributed by atoms with Crippen molar-refractivity contribution in [3.8, 4) is 11.3 Å². The lowest BCUT2D eigenvalue weighted by Crippen LogP contribution is -1.90. The number of hydrogen-bond donors (Lipinski definition) is 0. The molecule has 1 aromatic carbocycles. The molecule has 0 spiro atoms. The maximum atomic E-state index is 4.71. The van der Waals surface area contributed by atoms with Crippen LogP contribution in [-0.4, -0.2) is 9.38 Å². The molecular formula is C16H14N2. The summed E-state index contributed by atoms with van der Waals surface area (Å²) >= 11 is 0. The van der Waals surface area contributed by atoms with E-state index in [-0.39, 0.29) is 0 Å². The second kappa shape index (κ2) is 4.15. The Morgan fingerprint density at radius 2 is 1.78 bits per heavy atom. The molecule has 2 heterocycles. The van der Waals surface area contributed by atoms with E-state index in [1.807, 2.05) is 49.5 Å². The minimum atomic E-state index is 0.953. The van der Waals surface area contributed by atoms with E-state index < -0.39 is 0 Å². The molecule has 2 heteroatoms. The highest BCUT2D eigenvalue weighted by Crippen LogP contribution is 2.28. The van der Waals surface area contributed by atoms with Gasteiger partial charge in [0.25, 0.3) is 0 Å². The van der Waals surface area contributed by atoms with Gasteiger partial charge in [0.2, 0.25) is 0 Å². The molecule has 3 aromatic rings. The molecular weight excluding hydrogens is 220 g/mol. The molecule has 0 aliphatic heterocycles. The normalized spacial score (nSPS) is 10.7. The van der Waals surface area contributed by atoms with Gasteiger partial charge >= 0.3 is 0 Å². The van der Waals surface area contributed by atoms with Gasteiger partial charge in [-0.25, -0.2) is 4.98 Å². The second-order valence-electron chi connectivity index (χ2n) is 4.38. The van der Waals surface area contributed by atoms with Crippen LogP contribution in [0.1, 0.15) is 12.6 Å². The lowest BCUT2D eigenvalue weighted by molar-refractivity contribution is 1.15. The van der Waals surface area contributed by atoms with Crippen molar-refractivity contribution in [3.05, 3.63) is 67.0 Å². The van der Waals surface area contributed by atoms with E-state index in [1.165, 1.54) is 0 Å². The summed E-state index contributed by atoms with van der Waals surface area (Å²) < 4.78 is 2.09. The number of imidazole rings is 1. The fraction of sp³-hybridized carbons (Fsp3) is 0.0625. The highest BCUT2D eigenvalue weighted by molar-refractivity contribution is 5.78. The molecule has 0 aliphatic rings. The fourth-order valence-corrected chi connectivity index (χ4v) is 2.20. The average Bonchev–Trinajstić information content (AvgIpc) is 2.79. The third-order valence-electron chi connectivity index (χ3n) is 2.98. The van der Waals surface area contributed by atoms with Crippen LogP contribution in [0.25, 0.3) is 22.5 Å². The summed E-state index contributed by atoms with van der Waals surface area (Å²) in [6, 6.07) is 16.2. The molecule has 0 fully saturated rings. The van der Waals surface area contributed by atoms with E-state index in [1.54, 1.807) is 0 Å². The van der Waals surface area contributed by atoms with Crippen LogP contribution < -0.4 is 0 Å². The summed E-state index contributed by atoms with van der Waals surface area (Å²) in [5.41, 5.74) is 5.17. The van der Waals surface area contributed by atoms with Crippen molar-refractivity contribution in [1.29, 1.82) is 0 Å². The first kappa shape index (κ1) is 10.8. The highest BCUT2D eigenvalue weighted by atomic mass is 15.0. The number of hydrogen-bond acceptors (Lipinski definition) is 1. The second-order valence-corrected chi connectivity index (χ2v) is 4.38. The minimum absolute atomic E-state index is 0.953. The molecule has 0 radical (unpaired) electrons. The predicted molar refractivity (Wildman–Crippen MR) is 75.3 cm³/mol. The van der Waals surface area contributed by atoms with Crippen LogP contribution in [-0.2, 0) is 0 Å². The maximum absolute atomic E-state index is 4.71. The van der Waals surface area contributed by atoms with Crippen LogP contribution in [0.3, 0.4) is 0 Å². The van der Waals surface area contributed by atoms with Crippen LogP contribution in [0.4, 0.5) is 0 Å². The lowest BCUT2D eigenvalue weighted by atomic mass is 10.1. The van der Waals surface area contributed by atoms with Gasteiger partial charge in [-0.05, 0) is 24.6 Å². The number of rotatable bonds is 2. The van der Waals surface area contributed by atoms with Gasteiger partial charge in [0.15, 0.2) is 0 Å². The van der Waals surface area contributed by atoms with E-state index in [9.17, 15) is 0 Å². The smallest absolute Gasteiger partial charge is 0.137 e. The Kier molecular flexibility index (Phi) is 2.49. The highest BCUT2D eigenvalue weighted by Gasteiger charge is 2.13. The molecule has 2 nitrogen and oxygen atoms in total. The summed E-state index contributed by atoms with van der Waals surface area (Å²) in [5.74, 6) is 0. The Labute approximate surface area is 106 Å². The number of nitrogens with zero attached hydrogens (tertiary/aromatic N) is 2. The van der Waals surface area contributed by atoms with Crippen LogP contribution in [0.15, 0.2) is 61.3 Å². The number of fused-ring (bicyclic) bond motifs is 1. The number of allylic oxidation sites excluding steroid dienone is 1. The molecule has 0 aliphatic carbocycles. The summed E-state index contributed by atoms with van der Waals surface area (Å²) in [6.45, 7) is 6.09. The SMILES string of the molecule is C=C(C)c1c(-c2ccccc2)nc2ccccn12. The van der Waals surface area contributed by atoms with Crippen molar-refractivity contribution in [3.63, 3.8) is 0 Å². The predicted octanol–water partition coefficient (Wildman–Crippen LogP) is 4.03. The Hall–Kier alpha value is -2.35. The Bertz CT molecular complexity index is 708. The summed E-state index contributed by atoms with van der Waals surface area (Å²) in [7, 11) is 0. The molecule has 0 bridgehead atoms. The van der Waals surface area contributed by atoms with E-state index in [0.29, 0.717) is 0 Å². The van der Waals surface area contributed by atoms with Gasteiger partial charge in [-0.2, -0.15) is 0 Å². The van der Waals surface area contributed by atoms with Gasteiger partial charge < -0.3 is 0 Å². The standard InChI is InChI=1S/C16H14N2/c1-12(2)16-15(13-8-4-3-5-9-13)17-14-10-6-7-11-18(14)16/h3-11H,1H2,2H3. The van der Waals surface area contributed by atoms with Crippen molar-refractivity contribution in [2.24, 2.45) is 0 Å². The summed E-state index contributed by atoms with van der Waals surface area (Å²) in [5, 5.41) is 0. The Balaban J connectivity index is 2.36. The van der Waals surface area contributed by atoms with Gasteiger partial charge in [0.05, 0.1) is 11.4 Å². The molecule has 0 atom stereocenters. The molecule has 0 saturated carbocycles. The van der Waals surface area contributed by atoms with Crippen LogP contribution in [0.5, 0.6) is 0 Å². The summed E-state index contributed by atoms with van der Waals surface area (Å²) in [4.78, 5) is 4.71. The minimum Gasteiger partial charge on any atom is -0.299 e. The van der Waals surface area contributed by atoms with Gasteiger partial charge in [0.1, 0.15) is 5.65 Å². The molecule has 0 amide bonds. The third kappa shape index (κ3) is 1.63. The zero-order valence-electron chi connectivity index (χ0n) is 10.3. The van der Waals surface area contributed by atoms with Crippen LogP contribution in [0.2, 0.25) is 0 Å². The molecule has 3 rings (SSSR count). The van der Waals surface area contributed by atoms with Gasteiger partial charge in [-0.1, -0.05) is 43.0 Å². The maximum Gasteiger partial charge on any atom is 0.137 e. The molecule has 0 N–H and O–H groups in total. The summed E-state index contributed by atoms with van der Waals surface area (Å²) in [6.07, 6.45) is 2.03.